The highest BCUT2D eigenvalue weighted by atomic mass is 19.1. The van der Waals surface area contributed by atoms with Crippen LogP contribution in [0.3, 0.4) is 0 Å². The summed E-state index contributed by atoms with van der Waals surface area (Å²) in [7, 11) is 1.68. The van der Waals surface area contributed by atoms with E-state index >= 15 is 0 Å². The van der Waals surface area contributed by atoms with Crippen LogP contribution >= 0.6 is 0 Å². The SMILES string of the molecule is COCCCn1cc(C)nc1Nc1c(C)cccc1F. The normalized spacial score (nSPS) is 10.8. The molecule has 0 aliphatic heterocycles. The fraction of sp³-hybridized carbons (Fsp3) is 0.400. The van der Waals surface area contributed by atoms with Gasteiger partial charge in [0.1, 0.15) is 5.82 Å². The van der Waals surface area contributed by atoms with Crippen LogP contribution in [0.5, 0.6) is 0 Å². The third kappa shape index (κ3) is 3.36. The molecule has 2 aromatic rings. The van der Waals surface area contributed by atoms with Crippen LogP contribution in [0, 0.1) is 19.7 Å². The number of methoxy groups -OCH3 is 1. The Morgan fingerprint density at radius 2 is 2.15 bits per heavy atom. The number of aryl methyl sites for hydroxylation is 3. The maximum atomic E-state index is 13.9. The Hall–Kier alpha value is -1.88. The number of aromatic nitrogens is 2. The van der Waals surface area contributed by atoms with Gasteiger partial charge in [0.15, 0.2) is 0 Å². The van der Waals surface area contributed by atoms with E-state index in [0.29, 0.717) is 18.2 Å². The summed E-state index contributed by atoms with van der Waals surface area (Å²) < 4.78 is 20.9. The number of halogens is 1. The molecule has 0 amide bonds. The Labute approximate surface area is 118 Å². The molecule has 5 heteroatoms. The average molecular weight is 277 g/mol. The van der Waals surface area contributed by atoms with Crippen molar-refractivity contribution in [2.45, 2.75) is 26.8 Å². The van der Waals surface area contributed by atoms with Gasteiger partial charge in [-0.05, 0) is 31.9 Å². The lowest BCUT2D eigenvalue weighted by molar-refractivity contribution is 0.190. The first kappa shape index (κ1) is 14.5. The molecule has 0 spiro atoms. The summed E-state index contributed by atoms with van der Waals surface area (Å²) in [5, 5.41) is 3.09. The number of rotatable bonds is 6. The molecule has 0 atom stereocenters. The van der Waals surface area contributed by atoms with Gasteiger partial charge in [0.25, 0.3) is 0 Å². The minimum Gasteiger partial charge on any atom is -0.385 e. The van der Waals surface area contributed by atoms with Gasteiger partial charge in [0.05, 0.1) is 11.4 Å². The summed E-state index contributed by atoms with van der Waals surface area (Å²) >= 11 is 0. The van der Waals surface area contributed by atoms with E-state index in [1.54, 1.807) is 13.2 Å². The van der Waals surface area contributed by atoms with Crippen molar-refractivity contribution < 1.29 is 9.13 Å². The predicted molar refractivity (Wildman–Crippen MR) is 77.9 cm³/mol. The number of anilines is 2. The molecule has 108 valence electrons. The minimum atomic E-state index is -0.269. The molecule has 0 fully saturated rings. The lowest BCUT2D eigenvalue weighted by atomic mass is 10.2. The molecule has 0 radical (unpaired) electrons. The first-order valence-electron chi connectivity index (χ1n) is 6.66. The van der Waals surface area contributed by atoms with E-state index in [-0.39, 0.29) is 5.82 Å². The number of para-hydroxylation sites is 1. The van der Waals surface area contributed by atoms with E-state index in [2.05, 4.69) is 10.3 Å². The number of nitrogens with one attached hydrogen (secondary N) is 1. The maximum Gasteiger partial charge on any atom is 0.207 e. The zero-order chi connectivity index (χ0) is 14.5. The summed E-state index contributed by atoms with van der Waals surface area (Å²) in [6, 6.07) is 5.02. The molecule has 1 aromatic heterocycles. The van der Waals surface area contributed by atoms with Crippen molar-refractivity contribution in [1.29, 1.82) is 0 Å². The second-order valence-electron chi connectivity index (χ2n) is 4.80. The van der Waals surface area contributed by atoms with Gasteiger partial charge in [0, 0.05) is 26.5 Å². The van der Waals surface area contributed by atoms with Crippen molar-refractivity contribution >= 4 is 11.6 Å². The first-order valence-corrected chi connectivity index (χ1v) is 6.66. The zero-order valence-electron chi connectivity index (χ0n) is 12.1. The van der Waals surface area contributed by atoms with Crippen molar-refractivity contribution in [2.24, 2.45) is 0 Å². The Morgan fingerprint density at radius 3 is 2.85 bits per heavy atom. The van der Waals surface area contributed by atoms with Crippen LogP contribution in [-0.4, -0.2) is 23.3 Å². The fourth-order valence-electron chi connectivity index (χ4n) is 2.10. The topological polar surface area (TPSA) is 39.1 Å². The van der Waals surface area contributed by atoms with Crippen LogP contribution in [0.1, 0.15) is 17.7 Å². The Bertz CT molecular complexity index is 560. The Kier molecular flexibility index (Phi) is 4.74. The summed E-state index contributed by atoms with van der Waals surface area (Å²) in [5.74, 6) is 0.390. The highest BCUT2D eigenvalue weighted by Gasteiger charge is 2.10. The number of ether oxygens (including phenoxy) is 1. The third-order valence-electron chi connectivity index (χ3n) is 3.10. The quantitative estimate of drug-likeness (QED) is 0.822. The molecule has 0 bridgehead atoms. The summed E-state index contributed by atoms with van der Waals surface area (Å²) in [6.07, 6.45) is 2.84. The smallest absolute Gasteiger partial charge is 0.207 e. The van der Waals surface area contributed by atoms with Crippen LogP contribution in [0.15, 0.2) is 24.4 Å². The second kappa shape index (κ2) is 6.52. The highest BCUT2D eigenvalue weighted by Crippen LogP contribution is 2.23. The van der Waals surface area contributed by atoms with Crippen molar-refractivity contribution in [1.82, 2.24) is 9.55 Å². The molecule has 0 unspecified atom stereocenters. The molecular formula is C15H20FN3O. The predicted octanol–water partition coefficient (Wildman–Crippen LogP) is 3.42. The van der Waals surface area contributed by atoms with Crippen molar-refractivity contribution in [3.8, 4) is 0 Å². The largest absolute Gasteiger partial charge is 0.385 e. The second-order valence-corrected chi connectivity index (χ2v) is 4.80. The molecule has 0 aliphatic carbocycles. The van der Waals surface area contributed by atoms with Gasteiger partial charge in [-0.15, -0.1) is 0 Å². The van der Waals surface area contributed by atoms with Gasteiger partial charge in [-0.2, -0.15) is 0 Å². The fourth-order valence-corrected chi connectivity index (χ4v) is 2.10. The minimum absolute atomic E-state index is 0.269. The van der Waals surface area contributed by atoms with E-state index in [4.69, 9.17) is 4.74 Å². The molecule has 1 N–H and O–H groups in total. The molecule has 20 heavy (non-hydrogen) atoms. The summed E-state index contributed by atoms with van der Waals surface area (Å²) in [6.45, 7) is 5.27. The van der Waals surface area contributed by atoms with Gasteiger partial charge in [-0.25, -0.2) is 9.37 Å². The Morgan fingerprint density at radius 1 is 1.35 bits per heavy atom. The van der Waals surface area contributed by atoms with Crippen LogP contribution in [0.2, 0.25) is 0 Å². The van der Waals surface area contributed by atoms with E-state index < -0.39 is 0 Å². The van der Waals surface area contributed by atoms with E-state index in [1.807, 2.05) is 30.7 Å². The van der Waals surface area contributed by atoms with Crippen LogP contribution < -0.4 is 5.32 Å². The van der Waals surface area contributed by atoms with Gasteiger partial charge < -0.3 is 14.6 Å². The number of benzene rings is 1. The molecule has 2 rings (SSSR count). The van der Waals surface area contributed by atoms with Crippen LogP contribution in [0.4, 0.5) is 16.0 Å². The highest BCUT2D eigenvalue weighted by molar-refractivity contribution is 5.59. The molecule has 4 nitrogen and oxygen atoms in total. The number of hydrogen-bond acceptors (Lipinski definition) is 3. The van der Waals surface area contributed by atoms with Gasteiger partial charge in [0.2, 0.25) is 5.95 Å². The third-order valence-corrected chi connectivity index (χ3v) is 3.10. The summed E-state index contributed by atoms with van der Waals surface area (Å²) in [4.78, 5) is 4.41. The first-order chi connectivity index (χ1) is 9.61. The monoisotopic (exact) mass is 277 g/mol. The maximum absolute atomic E-state index is 13.9. The van der Waals surface area contributed by atoms with Gasteiger partial charge in [-0.1, -0.05) is 12.1 Å². The van der Waals surface area contributed by atoms with Gasteiger partial charge in [-0.3, -0.25) is 0 Å². The average Bonchev–Trinajstić information content (AvgIpc) is 2.75. The van der Waals surface area contributed by atoms with E-state index in [0.717, 1.165) is 24.2 Å². The van der Waals surface area contributed by atoms with E-state index in [9.17, 15) is 4.39 Å². The standard InChI is InChI=1S/C15H20FN3O/c1-11-6-4-7-13(16)14(11)18-15-17-12(2)10-19(15)8-5-9-20-3/h4,6-7,10H,5,8-9H2,1-3H3,(H,17,18). The molecule has 1 heterocycles. The van der Waals surface area contributed by atoms with Crippen LogP contribution in [-0.2, 0) is 11.3 Å². The Balaban J connectivity index is 2.20. The van der Waals surface area contributed by atoms with Crippen molar-refractivity contribution in [3.05, 3.63) is 41.5 Å². The number of hydrogen-bond donors (Lipinski definition) is 1. The molecule has 0 saturated carbocycles. The van der Waals surface area contributed by atoms with Crippen LogP contribution in [0.25, 0.3) is 0 Å². The lowest BCUT2D eigenvalue weighted by Gasteiger charge is -2.12. The molecule has 0 aliphatic rings. The molecule has 1 aromatic carbocycles. The number of nitrogens with zero attached hydrogens (tertiary/aromatic N) is 2. The molecule has 0 saturated heterocycles. The zero-order valence-corrected chi connectivity index (χ0v) is 12.1. The molecular weight excluding hydrogens is 257 g/mol. The summed E-state index contributed by atoms with van der Waals surface area (Å²) in [5.41, 5.74) is 2.24. The van der Waals surface area contributed by atoms with Crippen molar-refractivity contribution in [2.75, 3.05) is 19.0 Å². The number of imidazole rings is 1. The van der Waals surface area contributed by atoms with E-state index in [1.165, 1.54) is 6.07 Å². The lowest BCUT2D eigenvalue weighted by Crippen LogP contribution is -2.07. The van der Waals surface area contributed by atoms with Gasteiger partial charge >= 0.3 is 0 Å². The van der Waals surface area contributed by atoms with Crippen molar-refractivity contribution in [3.63, 3.8) is 0 Å².